The first-order valence-electron chi connectivity index (χ1n) is 4.40. The van der Waals surface area contributed by atoms with Gasteiger partial charge in [0.25, 0.3) is 0 Å². The van der Waals surface area contributed by atoms with Gasteiger partial charge in [0.2, 0.25) is 15.9 Å². The molecule has 1 unspecified atom stereocenters. The molecule has 5 nitrogen and oxygen atoms in total. The fraction of sp³-hybridized carbons (Fsp3) is 0.222. The predicted molar refractivity (Wildman–Crippen MR) is 60.4 cm³/mol. The summed E-state index contributed by atoms with van der Waals surface area (Å²) in [4.78, 5) is 10.8. The largest absolute Gasteiger partial charge is 0.368 e. The molecule has 1 rings (SSSR count). The monoisotopic (exact) mass is 262 g/mol. The zero-order chi connectivity index (χ0) is 12.3. The van der Waals surface area contributed by atoms with Gasteiger partial charge in [0.05, 0.1) is 10.9 Å². The van der Waals surface area contributed by atoms with Gasteiger partial charge in [0.1, 0.15) is 0 Å². The second-order valence-electron chi connectivity index (χ2n) is 3.20. The Kier molecular flexibility index (Phi) is 3.90. The summed E-state index contributed by atoms with van der Waals surface area (Å²) < 4.78 is 25.5. The van der Waals surface area contributed by atoms with Crippen LogP contribution in [-0.4, -0.2) is 20.4 Å². The van der Waals surface area contributed by atoms with E-state index in [1.807, 2.05) is 0 Å². The summed E-state index contributed by atoms with van der Waals surface area (Å²) >= 11 is 5.63. The van der Waals surface area contributed by atoms with Crippen LogP contribution in [0, 0.1) is 0 Å². The van der Waals surface area contributed by atoms with Crippen LogP contribution in [0.2, 0.25) is 5.02 Å². The van der Waals surface area contributed by atoms with Crippen LogP contribution in [0.1, 0.15) is 6.92 Å². The number of nitrogens with one attached hydrogen (secondary N) is 1. The molecule has 3 N–H and O–H groups in total. The molecule has 0 bridgehead atoms. The second kappa shape index (κ2) is 4.82. The average Bonchev–Trinajstić information content (AvgIpc) is 2.17. The number of hydrogen-bond donors (Lipinski definition) is 2. The van der Waals surface area contributed by atoms with E-state index >= 15 is 0 Å². The molecule has 0 saturated carbocycles. The van der Waals surface area contributed by atoms with Gasteiger partial charge in [-0.1, -0.05) is 11.6 Å². The molecule has 0 aliphatic heterocycles. The van der Waals surface area contributed by atoms with Crippen LogP contribution in [0.15, 0.2) is 29.2 Å². The van der Waals surface area contributed by atoms with Crippen molar-refractivity contribution in [3.05, 3.63) is 29.3 Å². The van der Waals surface area contributed by atoms with Gasteiger partial charge in [-0.15, -0.1) is 0 Å². The first kappa shape index (κ1) is 13.0. The molecule has 7 heteroatoms. The number of benzene rings is 1. The van der Waals surface area contributed by atoms with Gasteiger partial charge in [-0.25, -0.2) is 8.42 Å². The minimum atomic E-state index is -3.73. The Bertz CT molecular complexity index is 484. The molecule has 0 fully saturated rings. The van der Waals surface area contributed by atoms with Crippen LogP contribution >= 0.6 is 11.6 Å². The van der Waals surface area contributed by atoms with Crippen molar-refractivity contribution in [2.45, 2.75) is 17.9 Å². The molecule has 1 aromatic rings. The maximum Gasteiger partial charge on any atom is 0.241 e. The van der Waals surface area contributed by atoms with Crippen molar-refractivity contribution in [2.24, 2.45) is 5.73 Å². The summed E-state index contributed by atoms with van der Waals surface area (Å²) in [6.07, 6.45) is 0. The molecule has 16 heavy (non-hydrogen) atoms. The van der Waals surface area contributed by atoms with Gasteiger partial charge in [-0.2, -0.15) is 4.72 Å². The number of sulfonamides is 1. The van der Waals surface area contributed by atoms with E-state index in [0.29, 0.717) is 5.02 Å². The first-order valence-corrected chi connectivity index (χ1v) is 6.26. The summed E-state index contributed by atoms with van der Waals surface area (Å²) in [6.45, 7) is 1.37. The fourth-order valence-corrected chi connectivity index (χ4v) is 2.31. The Morgan fingerprint density at radius 1 is 1.38 bits per heavy atom. The maximum absolute atomic E-state index is 11.7. The van der Waals surface area contributed by atoms with Crippen molar-refractivity contribution in [3.8, 4) is 0 Å². The minimum Gasteiger partial charge on any atom is -0.368 e. The summed E-state index contributed by atoms with van der Waals surface area (Å²) in [5.41, 5.74) is 4.96. The molecule has 1 aromatic carbocycles. The van der Waals surface area contributed by atoms with Crippen LogP contribution in [0.3, 0.4) is 0 Å². The Hall–Kier alpha value is -1.11. The van der Waals surface area contributed by atoms with Crippen LogP contribution < -0.4 is 10.5 Å². The molecule has 88 valence electrons. The zero-order valence-electron chi connectivity index (χ0n) is 8.48. The lowest BCUT2D eigenvalue weighted by Gasteiger charge is -2.10. The van der Waals surface area contributed by atoms with Gasteiger partial charge < -0.3 is 5.73 Å². The number of nitrogens with two attached hydrogens (primary N) is 1. The zero-order valence-corrected chi connectivity index (χ0v) is 10.0. The van der Waals surface area contributed by atoms with E-state index in [2.05, 4.69) is 4.72 Å². The highest BCUT2D eigenvalue weighted by atomic mass is 35.5. The van der Waals surface area contributed by atoms with E-state index in [-0.39, 0.29) is 4.90 Å². The van der Waals surface area contributed by atoms with E-state index in [9.17, 15) is 13.2 Å². The van der Waals surface area contributed by atoms with Crippen molar-refractivity contribution in [1.82, 2.24) is 4.72 Å². The number of rotatable bonds is 4. The topological polar surface area (TPSA) is 89.3 Å². The van der Waals surface area contributed by atoms with Gasteiger partial charge in [-0.3, -0.25) is 4.79 Å². The van der Waals surface area contributed by atoms with E-state index in [0.717, 1.165) is 0 Å². The van der Waals surface area contributed by atoms with E-state index < -0.39 is 22.0 Å². The Morgan fingerprint density at radius 2 is 1.88 bits per heavy atom. The van der Waals surface area contributed by atoms with Gasteiger partial charge in [-0.05, 0) is 31.2 Å². The summed E-state index contributed by atoms with van der Waals surface area (Å²) in [7, 11) is -3.73. The number of hydrogen-bond acceptors (Lipinski definition) is 3. The lowest BCUT2D eigenvalue weighted by atomic mass is 10.4. The summed E-state index contributed by atoms with van der Waals surface area (Å²) in [5.74, 6) is -0.738. The summed E-state index contributed by atoms with van der Waals surface area (Å²) in [5, 5.41) is 0.432. The van der Waals surface area contributed by atoms with Crippen LogP contribution in [-0.2, 0) is 14.8 Å². The Balaban J connectivity index is 2.94. The standard InChI is InChI=1S/C9H11ClN2O3S/c1-6(9(11)13)12-16(14,15)8-4-2-7(10)3-5-8/h2-6,12H,1H3,(H2,11,13). The highest BCUT2D eigenvalue weighted by molar-refractivity contribution is 7.89. The molecular weight excluding hydrogens is 252 g/mol. The van der Waals surface area contributed by atoms with Crippen LogP contribution in [0.4, 0.5) is 0 Å². The van der Waals surface area contributed by atoms with Crippen molar-refractivity contribution >= 4 is 27.5 Å². The predicted octanol–water partition coefficient (Wildman–Crippen LogP) is 0.492. The molecule has 0 heterocycles. The van der Waals surface area contributed by atoms with Gasteiger partial charge >= 0.3 is 0 Å². The lowest BCUT2D eigenvalue weighted by Crippen LogP contribution is -2.42. The van der Waals surface area contributed by atoms with Crippen molar-refractivity contribution in [2.75, 3.05) is 0 Å². The molecule has 0 saturated heterocycles. The number of amides is 1. The van der Waals surface area contributed by atoms with Crippen LogP contribution in [0.5, 0.6) is 0 Å². The van der Waals surface area contributed by atoms with E-state index in [1.54, 1.807) is 0 Å². The van der Waals surface area contributed by atoms with Gasteiger partial charge in [0, 0.05) is 5.02 Å². The summed E-state index contributed by atoms with van der Waals surface area (Å²) in [6, 6.07) is 4.63. The second-order valence-corrected chi connectivity index (χ2v) is 5.35. The maximum atomic E-state index is 11.7. The number of carbonyl (C=O) groups is 1. The lowest BCUT2D eigenvalue weighted by molar-refractivity contribution is -0.119. The third-order valence-electron chi connectivity index (χ3n) is 1.88. The quantitative estimate of drug-likeness (QED) is 0.828. The van der Waals surface area contributed by atoms with Crippen molar-refractivity contribution < 1.29 is 13.2 Å². The number of halogens is 1. The smallest absolute Gasteiger partial charge is 0.241 e. The Labute approximate surface area is 98.6 Å². The Morgan fingerprint density at radius 3 is 2.31 bits per heavy atom. The molecular formula is C9H11ClN2O3S. The minimum absolute atomic E-state index is 0.0324. The molecule has 1 amide bonds. The normalized spacial score (nSPS) is 13.4. The first-order chi connectivity index (χ1) is 7.33. The third-order valence-corrected chi connectivity index (χ3v) is 3.69. The fourth-order valence-electron chi connectivity index (χ4n) is 0.973. The van der Waals surface area contributed by atoms with E-state index in [4.69, 9.17) is 17.3 Å². The molecule has 0 radical (unpaired) electrons. The SMILES string of the molecule is CC(NS(=O)(=O)c1ccc(Cl)cc1)C(N)=O. The average molecular weight is 263 g/mol. The third kappa shape index (κ3) is 3.19. The molecule has 0 aromatic heterocycles. The van der Waals surface area contributed by atoms with E-state index in [1.165, 1.54) is 31.2 Å². The molecule has 1 atom stereocenters. The van der Waals surface area contributed by atoms with Crippen molar-refractivity contribution in [3.63, 3.8) is 0 Å². The highest BCUT2D eigenvalue weighted by Gasteiger charge is 2.19. The highest BCUT2D eigenvalue weighted by Crippen LogP contribution is 2.14. The van der Waals surface area contributed by atoms with Gasteiger partial charge in [0.15, 0.2) is 0 Å². The van der Waals surface area contributed by atoms with Crippen molar-refractivity contribution in [1.29, 1.82) is 0 Å². The molecule has 0 aliphatic rings. The number of carbonyl (C=O) groups excluding carboxylic acids is 1. The number of primary amides is 1. The molecule has 0 aliphatic carbocycles. The molecule has 0 spiro atoms. The van der Waals surface area contributed by atoms with Crippen LogP contribution in [0.25, 0.3) is 0 Å².